The molecule has 0 unspecified atom stereocenters. The lowest BCUT2D eigenvalue weighted by Crippen LogP contribution is -2.49. The van der Waals surface area contributed by atoms with Gasteiger partial charge in [0.1, 0.15) is 0 Å². The molecule has 2 atom stereocenters. The Bertz CT molecular complexity index is 339. The van der Waals surface area contributed by atoms with Gasteiger partial charge in [-0.1, -0.05) is 30.3 Å². The number of benzene rings is 1. The molecule has 18 heavy (non-hydrogen) atoms. The van der Waals surface area contributed by atoms with Crippen LogP contribution in [0.4, 0.5) is 0 Å². The molecule has 0 spiro atoms. The molecule has 1 aromatic carbocycles. The molecule has 2 rings (SSSR count). The molecule has 0 amide bonds. The van der Waals surface area contributed by atoms with Crippen LogP contribution in [0.25, 0.3) is 0 Å². The third-order valence-electron chi connectivity index (χ3n) is 3.35. The van der Waals surface area contributed by atoms with Gasteiger partial charge in [0.2, 0.25) is 0 Å². The number of ether oxygens (including phenoxy) is 1. The van der Waals surface area contributed by atoms with Crippen molar-refractivity contribution in [1.29, 1.82) is 0 Å². The molecule has 4 nitrogen and oxygen atoms in total. The van der Waals surface area contributed by atoms with Gasteiger partial charge in [0.25, 0.3) is 0 Å². The van der Waals surface area contributed by atoms with Gasteiger partial charge in [0.15, 0.2) is 0 Å². The molecule has 3 N–H and O–H groups in total. The van der Waals surface area contributed by atoms with Crippen molar-refractivity contribution < 1.29 is 9.84 Å². The van der Waals surface area contributed by atoms with E-state index in [1.54, 1.807) is 0 Å². The fourth-order valence-electron chi connectivity index (χ4n) is 2.21. The minimum Gasteiger partial charge on any atom is -0.391 e. The molecule has 0 radical (unpaired) electrons. The molecule has 0 saturated carbocycles. The summed E-state index contributed by atoms with van der Waals surface area (Å²) in [5.74, 6) is 0. The number of rotatable bonds is 5. The van der Waals surface area contributed by atoms with Gasteiger partial charge in [-0.15, -0.1) is 0 Å². The van der Waals surface area contributed by atoms with Crippen molar-refractivity contribution in [2.24, 2.45) is 5.73 Å². The van der Waals surface area contributed by atoms with E-state index in [0.717, 1.165) is 38.4 Å². The number of aliphatic hydroxyl groups excluding tert-OH is 1. The fourth-order valence-corrected chi connectivity index (χ4v) is 2.21. The van der Waals surface area contributed by atoms with Gasteiger partial charge in [-0.2, -0.15) is 0 Å². The van der Waals surface area contributed by atoms with Gasteiger partial charge in [-0.25, -0.2) is 0 Å². The highest BCUT2D eigenvalue weighted by atomic mass is 16.5. The maximum atomic E-state index is 10.1. The molecular formula is C14H22N2O2. The lowest BCUT2D eigenvalue weighted by atomic mass is 10.0. The van der Waals surface area contributed by atoms with E-state index in [-0.39, 0.29) is 6.04 Å². The van der Waals surface area contributed by atoms with Crippen LogP contribution >= 0.6 is 0 Å². The average Bonchev–Trinajstić information content (AvgIpc) is 2.41. The van der Waals surface area contributed by atoms with Crippen LogP contribution in [0.5, 0.6) is 0 Å². The first-order valence-electron chi connectivity index (χ1n) is 6.53. The van der Waals surface area contributed by atoms with E-state index in [1.165, 1.54) is 0 Å². The zero-order valence-electron chi connectivity index (χ0n) is 10.7. The van der Waals surface area contributed by atoms with E-state index < -0.39 is 6.10 Å². The lowest BCUT2D eigenvalue weighted by Gasteiger charge is -2.30. The zero-order valence-corrected chi connectivity index (χ0v) is 10.7. The molecule has 4 heteroatoms. The van der Waals surface area contributed by atoms with Crippen LogP contribution in [0.15, 0.2) is 30.3 Å². The number of hydrogen-bond donors (Lipinski definition) is 2. The Morgan fingerprint density at radius 1 is 1.22 bits per heavy atom. The smallest absolute Gasteiger partial charge is 0.0743 e. The molecule has 1 aliphatic rings. The zero-order chi connectivity index (χ0) is 12.8. The molecular weight excluding hydrogens is 228 g/mol. The summed E-state index contributed by atoms with van der Waals surface area (Å²) < 4.78 is 5.29. The van der Waals surface area contributed by atoms with Crippen LogP contribution in [0.2, 0.25) is 0 Å². The first-order chi connectivity index (χ1) is 8.75. The van der Waals surface area contributed by atoms with E-state index in [1.807, 2.05) is 30.3 Å². The quantitative estimate of drug-likeness (QED) is 0.786. The van der Waals surface area contributed by atoms with Gasteiger partial charge in [-0.3, -0.25) is 4.90 Å². The summed E-state index contributed by atoms with van der Waals surface area (Å²) in [5.41, 5.74) is 7.19. The first kappa shape index (κ1) is 13.5. The summed E-state index contributed by atoms with van der Waals surface area (Å²) in [6, 6.07) is 9.77. The summed E-state index contributed by atoms with van der Waals surface area (Å²) in [6.07, 6.45) is 0.127. The Hall–Kier alpha value is -0.940. The molecule has 1 saturated heterocycles. The van der Waals surface area contributed by atoms with E-state index in [4.69, 9.17) is 10.5 Å². The number of nitrogens with zero attached hydrogens (tertiary/aromatic N) is 1. The maximum absolute atomic E-state index is 10.1. The van der Waals surface area contributed by atoms with E-state index in [2.05, 4.69) is 4.90 Å². The lowest BCUT2D eigenvalue weighted by molar-refractivity contribution is 0.0251. The van der Waals surface area contributed by atoms with Gasteiger partial charge in [0.05, 0.1) is 19.3 Å². The van der Waals surface area contributed by atoms with Crippen LogP contribution in [-0.4, -0.2) is 55.0 Å². The normalized spacial score (nSPS) is 20.6. The van der Waals surface area contributed by atoms with Gasteiger partial charge >= 0.3 is 0 Å². The van der Waals surface area contributed by atoms with Crippen LogP contribution in [0, 0.1) is 0 Å². The monoisotopic (exact) mass is 250 g/mol. The SMILES string of the molecule is N[C@@H](CN1CCOCC1)[C@H](O)Cc1ccccc1. The standard InChI is InChI=1S/C14H22N2O2/c15-13(11-16-6-8-18-9-7-16)14(17)10-12-4-2-1-3-5-12/h1-5,13-14,17H,6-11,15H2/t13-,14+/m0/s1. The second kappa shape index (κ2) is 6.85. The maximum Gasteiger partial charge on any atom is 0.0743 e. The van der Waals surface area contributed by atoms with Crippen molar-refractivity contribution in [2.45, 2.75) is 18.6 Å². The average molecular weight is 250 g/mol. The van der Waals surface area contributed by atoms with Crippen molar-refractivity contribution >= 4 is 0 Å². The highest BCUT2D eigenvalue weighted by Gasteiger charge is 2.20. The Labute approximate surface area is 108 Å². The number of hydrogen-bond acceptors (Lipinski definition) is 4. The fraction of sp³-hybridized carbons (Fsp3) is 0.571. The number of aliphatic hydroxyl groups is 1. The molecule has 0 aromatic heterocycles. The van der Waals surface area contributed by atoms with Crippen LogP contribution in [0.3, 0.4) is 0 Å². The van der Waals surface area contributed by atoms with Crippen LogP contribution in [0.1, 0.15) is 5.56 Å². The van der Waals surface area contributed by atoms with Gasteiger partial charge < -0.3 is 15.6 Å². The summed E-state index contributed by atoms with van der Waals surface area (Å²) in [6.45, 7) is 4.08. The van der Waals surface area contributed by atoms with Gasteiger partial charge in [0, 0.05) is 25.7 Å². The molecule has 1 aliphatic heterocycles. The van der Waals surface area contributed by atoms with Crippen molar-refractivity contribution in [3.8, 4) is 0 Å². The van der Waals surface area contributed by atoms with Crippen LogP contribution in [-0.2, 0) is 11.2 Å². The highest BCUT2D eigenvalue weighted by molar-refractivity contribution is 5.15. The minimum atomic E-state index is -0.491. The van der Waals surface area contributed by atoms with Crippen molar-refractivity contribution in [2.75, 3.05) is 32.8 Å². The second-order valence-electron chi connectivity index (χ2n) is 4.83. The van der Waals surface area contributed by atoms with Crippen molar-refractivity contribution in [1.82, 2.24) is 4.90 Å². The summed E-state index contributed by atoms with van der Waals surface area (Å²) in [4.78, 5) is 2.25. The topological polar surface area (TPSA) is 58.7 Å². The van der Waals surface area contributed by atoms with E-state index >= 15 is 0 Å². The third-order valence-corrected chi connectivity index (χ3v) is 3.35. The molecule has 0 bridgehead atoms. The van der Waals surface area contributed by atoms with Crippen LogP contribution < -0.4 is 5.73 Å². The highest BCUT2D eigenvalue weighted by Crippen LogP contribution is 2.07. The summed E-state index contributed by atoms with van der Waals surface area (Å²) in [5, 5.41) is 10.1. The first-order valence-corrected chi connectivity index (χ1v) is 6.53. The number of morpholine rings is 1. The Morgan fingerprint density at radius 3 is 2.56 bits per heavy atom. The van der Waals surface area contributed by atoms with E-state index in [9.17, 15) is 5.11 Å². The minimum absolute atomic E-state index is 0.205. The van der Waals surface area contributed by atoms with Gasteiger partial charge in [-0.05, 0) is 12.0 Å². The summed E-state index contributed by atoms with van der Waals surface area (Å²) in [7, 11) is 0. The molecule has 1 heterocycles. The third kappa shape index (κ3) is 4.07. The van der Waals surface area contributed by atoms with Crippen molar-refractivity contribution in [3.05, 3.63) is 35.9 Å². The summed E-state index contributed by atoms with van der Waals surface area (Å²) >= 11 is 0. The molecule has 100 valence electrons. The van der Waals surface area contributed by atoms with Crippen molar-refractivity contribution in [3.63, 3.8) is 0 Å². The van der Waals surface area contributed by atoms with E-state index in [0.29, 0.717) is 6.42 Å². The number of nitrogens with two attached hydrogens (primary N) is 1. The largest absolute Gasteiger partial charge is 0.391 e. The Kier molecular flexibility index (Phi) is 5.13. The molecule has 1 fully saturated rings. The predicted octanol–water partition coefficient (Wildman–Crippen LogP) is 0.250. The Balaban J connectivity index is 1.79. The second-order valence-corrected chi connectivity index (χ2v) is 4.83. The molecule has 1 aromatic rings. The Morgan fingerprint density at radius 2 is 1.89 bits per heavy atom. The predicted molar refractivity (Wildman–Crippen MR) is 71.4 cm³/mol. The molecule has 0 aliphatic carbocycles.